The molecule has 5 nitrogen and oxygen atoms in total. The van der Waals surface area contributed by atoms with Gasteiger partial charge in [0.05, 0.1) is 12.7 Å². The number of hydrazine groups is 1. The third-order valence-corrected chi connectivity index (χ3v) is 5.56. The Bertz CT molecular complexity index is 363. The Morgan fingerprint density at radius 1 is 1.29 bits per heavy atom. The van der Waals surface area contributed by atoms with Crippen LogP contribution in [0.4, 0.5) is 0 Å². The van der Waals surface area contributed by atoms with Crippen LogP contribution in [0.25, 0.3) is 0 Å². The number of morpholine rings is 1. The topological polar surface area (TPSA) is 53.6 Å². The molecule has 1 amide bonds. The zero-order valence-corrected chi connectivity index (χ0v) is 13.3. The second-order valence-corrected chi connectivity index (χ2v) is 7.04. The molecule has 1 aliphatic carbocycles. The minimum Gasteiger partial charge on any atom is -0.376 e. The molecule has 0 aromatic rings. The van der Waals surface area contributed by atoms with E-state index in [1.54, 1.807) is 0 Å². The van der Waals surface area contributed by atoms with Gasteiger partial charge in [0.2, 0.25) is 0 Å². The maximum absolute atomic E-state index is 11.7. The molecule has 2 heterocycles. The summed E-state index contributed by atoms with van der Waals surface area (Å²) < 4.78 is 5.96. The number of hydrogen-bond acceptors (Lipinski definition) is 4. The van der Waals surface area contributed by atoms with Crippen LogP contribution in [0.15, 0.2) is 0 Å². The first-order valence-corrected chi connectivity index (χ1v) is 8.70. The molecule has 0 aromatic heterocycles. The number of halogens is 1. The fraction of sp³-hybridized carbons (Fsp3) is 0.933. The highest BCUT2D eigenvalue weighted by Gasteiger charge is 2.37. The van der Waals surface area contributed by atoms with Crippen molar-refractivity contribution in [2.24, 2.45) is 5.92 Å². The standard InChI is InChI=1S/C15H26ClN3O2/c16-14-13(9-17-18-15(14)20)19-6-7-21-12(10-19)8-11-4-2-1-3-5-11/h11-14,17H,1-10H2,(H,18,20). The fourth-order valence-electron chi connectivity index (χ4n) is 3.88. The minimum atomic E-state index is -0.473. The second kappa shape index (κ2) is 7.27. The molecule has 1 saturated carbocycles. The molecule has 0 aromatic carbocycles. The van der Waals surface area contributed by atoms with Crippen molar-refractivity contribution in [3.05, 3.63) is 0 Å². The van der Waals surface area contributed by atoms with Crippen molar-refractivity contribution in [3.8, 4) is 0 Å². The van der Waals surface area contributed by atoms with Crippen molar-refractivity contribution < 1.29 is 9.53 Å². The van der Waals surface area contributed by atoms with E-state index in [0.717, 1.165) is 32.0 Å². The van der Waals surface area contributed by atoms with Gasteiger partial charge in [0.1, 0.15) is 5.38 Å². The van der Waals surface area contributed by atoms with Crippen LogP contribution in [0.3, 0.4) is 0 Å². The summed E-state index contributed by atoms with van der Waals surface area (Å²) in [7, 11) is 0. The molecule has 0 spiro atoms. The van der Waals surface area contributed by atoms with Gasteiger partial charge in [0.25, 0.3) is 5.91 Å². The van der Waals surface area contributed by atoms with Crippen LogP contribution in [0.2, 0.25) is 0 Å². The van der Waals surface area contributed by atoms with Crippen molar-refractivity contribution >= 4 is 17.5 Å². The Labute approximate surface area is 131 Å². The first-order chi connectivity index (χ1) is 10.2. The van der Waals surface area contributed by atoms with Crippen LogP contribution >= 0.6 is 11.6 Å². The van der Waals surface area contributed by atoms with Crippen molar-refractivity contribution in [1.82, 2.24) is 15.8 Å². The number of alkyl halides is 1. The Hall–Kier alpha value is -0.360. The summed E-state index contributed by atoms with van der Waals surface area (Å²) in [6, 6.07) is 0.0678. The van der Waals surface area contributed by atoms with E-state index in [2.05, 4.69) is 15.8 Å². The summed E-state index contributed by atoms with van der Waals surface area (Å²) >= 11 is 6.27. The smallest absolute Gasteiger partial charge is 0.253 e. The van der Waals surface area contributed by atoms with Gasteiger partial charge in [-0.05, 0) is 12.3 Å². The number of nitrogens with zero attached hydrogens (tertiary/aromatic N) is 1. The minimum absolute atomic E-state index is 0.0678. The van der Waals surface area contributed by atoms with Gasteiger partial charge in [-0.3, -0.25) is 15.1 Å². The molecular formula is C15H26ClN3O2. The lowest BCUT2D eigenvalue weighted by Crippen LogP contribution is -2.64. The van der Waals surface area contributed by atoms with E-state index in [4.69, 9.17) is 16.3 Å². The van der Waals surface area contributed by atoms with Gasteiger partial charge in [-0.2, -0.15) is 0 Å². The average Bonchev–Trinajstić information content (AvgIpc) is 2.51. The molecule has 3 fully saturated rings. The monoisotopic (exact) mass is 315 g/mol. The summed E-state index contributed by atoms with van der Waals surface area (Å²) in [6.07, 6.45) is 8.31. The van der Waals surface area contributed by atoms with Crippen molar-refractivity contribution in [1.29, 1.82) is 0 Å². The maximum Gasteiger partial charge on any atom is 0.253 e. The lowest BCUT2D eigenvalue weighted by molar-refractivity contribution is -0.126. The van der Waals surface area contributed by atoms with Gasteiger partial charge in [-0.15, -0.1) is 11.6 Å². The van der Waals surface area contributed by atoms with Crippen LogP contribution in [-0.4, -0.2) is 54.6 Å². The van der Waals surface area contributed by atoms with Gasteiger partial charge in [0.15, 0.2) is 0 Å². The highest BCUT2D eigenvalue weighted by Crippen LogP contribution is 2.29. The normalized spacial score (nSPS) is 36.4. The number of carbonyl (C=O) groups excluding carboxylic acids is 1. The summed E-state index contributed by atoms with van der Waals surface area (Å²) in [6.45, 7) is 3.22. The number of hydrogen-bond donors (Lipinski definition) is 2. The van der Waals surface area contributed by atoms with Gasteiger partial charge < -0.3 is 4.74 Å². The molecule has 0 bridgehead atoms. The molecular weight excluding hydrogens is 290 g/mol. The largest absolute Gasteiger partial charge is 0.376 e. The van der Waals surface area contributed by atoms with E-state index in [9.17, 15) is 4.79 Å². The van der Waals surface area contributed by atoms with Crippen molar-refractivity contribution in [2.75, 3.05) is 26.2 Å². The lowest BCUT2D eigenvalue weighted by Gasteiger charge is -2.42. The quantitative estimate of drug-likeness (QED) is 0.770. The van der Waals surface area contributed by atoms with E-state index in [1.807, 2.05) is 0 Å². The SMILES string of the molecule is O=C1NNCC(N2CCOC(CC3CCCCC3)C2)C1Cl. The molecule has 2 aliphatic heterocycles. The summed E-state index contributed by atoms with van der Waals surface area (Å²) in [4.78, 5) is 14.0. The number of nitrogens with one attached hydrogen (secondary N) is 2. The molecule has 120 valence electrons. The van der Waals surface area contributed by atoms with Crippen LogP contribution in [0.1, 0.15) is 38.5 Å². The molecule has 3 aliphatic rings. The zero-order valence-electron chi connectivity index (χ0n) is 12.5. The first-order valence-electron chi connectivity index (χ1n) is 8.26. The van der Waals surface area contributed by atoms with Gasteiger partial charge in [0, 0.05) is 25.7 Å². The Balaban J connectivity index is 1.53. The summed E-state index contributed by atoms with van der Waals surface area (Å²) in [5.41, 5.74) is 5.54. The predicted molar refractivity (Wildman–Crippen MR) is 82.1 cm³/mol. The Morgan fingerprint density at radius 2 is 2.10 bits per heavy atom. The predicted octanol–water partition coefficient (Wildman–Crippen LogP) is 1.27. The molecule has 3 rings (SSSR count). The van der Waals surface area contributed by atoms with E-state index in [-0.39, 0.29) is 11.9 Å². The number of rotatable bonds is 3. The van der Waals surface area contributed by atoms with Crippen molar-refractivity contribution in [2.45, 2.75) is 56.0 Å². The van der Waals surface area contributed by atoms with Crippen LogP contribution in [0, 0.1) is 5.92 Å². The van der Waals surface area contributed by atoms with E-state index >= 15 is 0 Å². The molecule has 0 radical (unpaired) electrons. The lowest BCUT2D eigenvalue weighted by atomic mass is 9.85. The molecule has 21 heavy (non-hydrogen) atoms. The maximum atomic E-state index is 11.7. The first kappa shape index (κ1) is 15.5. The highest BCUT2D eigenvalue weighted by atomic mass is 35.5. The van der Waals surface area contributed by atoms with Crippen LogP contribution in [0.5, 0.6) is 0 Å². The highest BCUT2D eigenvalue weighted by molar-refractivity contribution is 6.31. The summed E-state index contributed by atoms with van der Waals surface area (Å²) in [5.74, 6) is 0.700. The Kier molecular flexibility index (Phi) is 5.38. The fourth-order valence-corrected chi connectivity index (χ4v) is 4.19. The molecule has 2 saturated heterocycles. The van der Waals surface area contributed by atoms with Crippen LogP contribution in [-0.2, 0) is 9.53 Å². The van der Waals surface area contributed by atoms with Gasteiger partial charge in [-0.25, -0.2) is 5.43 Å². The molecule has 3 unspecified atom stereocenters. The Morgan fingerprint density at radius 3 is 2.90 bits per heavy atom. The summed E-state index contributed by atoms with van der Waals surface area (Å²) in [5, 5.41) is -0.473. The van der Waals surface area contributed by atoms with E-state index in [1.165, 1.54) is 32.1 Å². The zero-order chi connectivity index (χ0) is 14.7. The third-order valence-electron chi connectivity index (χ3n) is 5.07. The van der Waals surface area contributed by atoms with E-state index < -0.39 is 5.38 Å². The number of amides is 1. The second-order valence-electron chi connectivity index (χ2n) is 6.57. The molecule has 6 heteroatoms. The molecule has 2 N–H and O–H groups in total. The number of carbonyl (C=O) groups is 1. The van der Waals surface area contributed by atoms with Crippen molar-refractivity contribution in [3.63, 3.8) is 0 Å². The average molecular weight is 316 g/mol. The van der Waals surface area contributed by atoms with Crippen LogP contribution < -0.4 is 10.9 Å². The number of ether oxygens (including phenoxy) is 1. The van der Waals surface area contributed by atoms with Gasteiger partial charge in [-0.1, -0.05) is 32.1 Å². The molecule has 3 atom stereocenters. The third kappa shape index (κ3) is 3.89. The van der Waals surface area contributed by atoms with Gasteiger partial charge >= 0.3 is 0 Å². The van der Waals surface area contributed by atoms with E-state index in [0.29, 0.717) is 12.6 Å².